The number of aromatic nitrogens is 3. The number of rotatable bonds is 14. The fourth-order valence-electron chi connectivity index (χ4n) is 7.89. The van der Waals surface area contributed by atoms with Gasteiger partial charge in [-0.3, -0.25) is 38.8 Å². The molecule has 0 radical (unpaired) electrons. The first-order valence-corrected chi connectivity index (χ1v) is 19.7. The van der Waals surface area contributed by atoms with E-state index in [1.165, 1.54) is 0 Å². The molecular formula is C37H46N8O7S. The summed E-state index contributed by atoms with van der Waals surface area (Å²) in [5, 5.41) is 6.53. The predicted octanol–water partition coefficient (Wildman–Crippen LogP) is 2.73. The van der Waals surface area contributed by atoms with Crippen molar-refractivity contribution in [3.63, 3.8) is 0 Å². The summed E-state index contributed by atoms with van der Waals surface area (Å²) in [6.45, 7) is 2.86. The molecule has 53 heavy (non-hydrogen) atoms. The largest absolute Gasteiger partial charge is 0.381 e. The molecule has 2 atom stereocenters. The number of nitrogens with one attached hydrogen (secondary N) is 2. The normalized spacial score (nSPS) is 20.8. The quantitative estimate of drug-likeness (QED) is 0.184. The number of carbonyl (C=O) groups is 4. The fourth-order valence-corrected chi connectivity index (χ4v) is 9.09. The third-order valence-electron chi connectivity index (χ3n) is 10.7. The van der Waals surface area contributed by atoms with E-state index < -0.39 is 40.8 Å². The summed E-state index contributed by atoms with van der Waals surface area (Å²) in [4.78, 5) is 73.4. The SMILES string of the molecule is CN(CCCOCCCc1cccc2c1C(=O)N(C1CCC(=O)NC1=O)C2=O)S(=O)N1CCC(Nc2ncc3ccc(=O)n(C4CCCC4)c3n2)CC1. The Bertz CT molecular complexity index is 1970. The summed E-state index contributed by atoms with van der Waals surface area (Å²) in [5.41, 5.74) is 1.98. The van der Waals surface area contributed by atoms with Crippen LogP contribution in [-0.4, -0.2) is 108 Å². The van der Waals surface area contributed by atoms with Crippen molar-refractivity contribution < 1.29 is 28.1 Å². The third-order valence-corrected chi connectivity index (χ3v) is 12.2. The lowest BCUT2D eigenvalue weighted by atomic mass is 9.99. The number of hydrogen-bond acceptors (Lipinski definition) is 10. The minimum absolute atomic E-state index is 0.0208. The van der Waals surface area contributed by atoms with E-state index in [0.29, 0.717) is 69.3 Å². The molecule has 4 amide bonds. The summed E-state index contributed by atoms with van der Waals surface area (Å²) in [6, 6.07) is 7.86. The Balaban J connectivity index is 0.817. The van der Waals surface area contributed by atoms with E-state index in [2.05, 4.69) is 15.6 Å². The number of benzene rings is 1. The van der Waals surface area contributed by atoms with Crippen LogP contribution in [0.25, 0.3) is 11.0 Å². The van der Waals surface area contributed by atoms with Gasteiger partial charge in [-0.2, -0.15) is 4.98 Å². The maximum absolute atomic E-state index is 13.3. The van der Waals surface area contributed by atoms with Gasteiger partial charge < -0.3 is 10.1 Å². The first-order chi connectivity index (χ1) is 25.7. The number of nitrogens with zero attached hydrogens (tertiary/aromatic N) is 6. The van der Waals surface area contributed by atoms with Gasteiger partial charge in [0, 0.05) is 76.0 Å². The van der Waals surface area contributed by atoms with Crippen molar-refractivity contribution in [1.82, 2.24) is 33.4 Å². The van der Waals surface area contributed by atoms with E-state index >= 15 is 0 Å². The van der Waals surface area contributed by atoms with Gasteiger partial charge in [0.05, 0.1) is 11.1 Å². The molecule has 2 N–H and O–H groups in total. The van der Waals surface area contributed by atoms with Crippen molar-refractivity contribution in [2.45, 2.75) is 88.8 Å². The predicted molar refractivity (Wildman–Crippen MR) is 197 cm³/mol. The molecule has 1 aliphatic carbocycles. The molecule has 2 aromatic heterocycles. The molecule has 5 heterocycles. The summed E-state index contributed by atoms with van der Waals surface area (Å²) >= 11 is -1.28. The van der Waals surface area contributed by atoms with Crippen LogP contribution < -0.4 is 16.2 Å². The van der Waals surface area contributed by atoms with E-state index in [0.717, 1.165) is 54.4 Å². The Morgan fingerprint density at radius 2 is 1.74 bits per heavy atom. The van der Waals surface area contributed by atoms with Crippen LogP contribution in [0.15, 0.2) is 41.3 Å². The molecule has 282 valence electrons. The van der Waals surface area contributed by atoms with Gasteiger partial charge in [-0.05, 0) is 69.1 Å². The maximum Gasteiger partial charge on any atom is 0.262 e. The zero-order valence-electron chi connectivity index (χ0n) is 30.0. The molecule has 3 aromatic rings. The number of piperidine rings is 2. The van der Waals surface area contributed by atoms with Crippen LogP contribution in [0.3, 0.4) is 0 Å². The number of fused-ring (bicyclic) bond motifs is 2. The van der Waals surface area contributed by atoms with Gasteiger partial charge in [-0.1, -0.05) is 25.0 Å². The molecule has 4 aliphatic rings. The monoisotopic (exact) mass is 746 g/mol. The van der Waals surface area contributed by atoms with Crippen LogP contribution in [0.1, 0.15) is 96.5 Å². The number of hydrogen-bond donors (Lipinski definition) is 2. The summed E-state index contributed by atoms with van der Waals surface area (Å²) in [5.74, 6) is -1.53. The second kappa shape index (κ2) is 16.3. The van der Waals surface area contributed by atoms with E-state index in [4.69, 9.17) is 9.72 Å². The number of pyridine rings is 1. The smallest absolute Gasteiger partial charge is 0.262 e. The summed E-state index contributed by atoms with van der Waals surface area (Å²) < 4.78 is 24.8. The van der Waals surface area contributed by atoms with Crippen molar-refractivity contribution in [2.24, 2.45) is 0 Å². The van der Waals surface area contributed by atoms with Gasteiger partial charge in [-0.25, -0.2) is 17.8 Å². The van der Waals surface area contributed by atoms with Gasteiger partial charge in [0.15, 0.2) is 11.2 Å². The van der Waals surface area contributed by atoms with Gasteiger partial charge in [0.2, 0.25) is 17.8 Å². The van der Waals surface area contributed by atoms with E-state index in [1.54, 1.807) is 30.5 Å². The Kier molecular flexibility index (Phi) is 11.4. The Labute approximate surface area is 310 Å². The van der Waals surface area contributed by atoms with E-state index in [9.17, 15) is 28.2 Å². The minimum Gasteiger partial charge on any atom is -0.381 e. The highest BCUT2D eigenvalue weighted by molar-refractivity contribution is 7.80. The van der Waals surface area contributed by atoms with Crippen LogP contribution in [0, 0.1) is 0 Å². The number of anilines is 1. The lowest BCUT2D eigenvalue weighted by Gasteiger charge is -2.33. The summed E-state index contributed by atoms with van der Waals surface area (Å²) in [7, 11) is 1.85. The molecule has 0 spiro atoms. The molecule has 1 aromatic carbocycles. The van der Waals surface area contributed by atoms with Crippen molar-refractivity contribution in [3.05, 3.63) is 63.6 Å². The Morgan fingerprint density at radius 3 is 2.51 bits per heavy atom. The standard InChI is InChI=1S/C37H46N8O7S/c1-42(18-6-22-52-21-5-8-24-7-4-11-28-32(24)36(50)45(35(28)49)29-13-14-30(46)40-34(29)48)53(51)43-19-16-26(17-20-43)39-37-38-23-25-12-15-31(47)44(33(25)41-37)27-9-2-3-10-27/h4,7,11-12,15,23,26-27,29H,2-3,5-6,8-10,13-14,16-22H2,1H3,(H,38,39,41)(H,40,46,48). The molecule has 2 unspecified atom stereocenters. The van der Waals surface area contributed by atoms with Crippen LogP contribution >= 0.6 is 0 Å². The van der Waals surface area contributed by atoms with Crippen molar-refractivity contribution in [2.75, 3.05) is 45.2 Å². The molecule has 16 heteroatoms. The zero-order valence-corrected chi connectivity index (χ0v) is 30.8. The van der Waals surface area contributed by atoms with Gasteiger partial charge >= 0.3 is 0 Å². The highest BCUT2D eigenvalue weighted by Gasteiger charge is 2.45. The molecule has 3 fully saturated rings. The Morgan fingerprint density at radius 1 is 0.962 bits per heavy atom. The number of amides is 4. The number of ether oxygens (including phenoxy) is 1. The van der Waals surface area contributed by atoms with Crippen LogP contribution in [-0.2, 0) is 31.9 Å². The van der Waals surface area contributed by atoms with Gasteiger partial charge in [0.1, 0.15) is 11.7 Å². The number of carbonyl (C=O) groups excluding carboxylic acids is 4. The average molecular weight is 747 g/mol. The minimum atomic E-state index is -1.28. The third kappa shape index (κ3) is 7.95. The Hall–Kier alpha value is -4.38. The van der Waals surface area contributed by atoms with Crippen molar-refractivity contribution in [3.8, 4) is 0 Å². The van der Waals surface area contributed by atoms with Crippen LogP contribution in [0.4, 0.5) is 5.95 Å². The van der Waals surface area contributed by atoms with Crippen LogP contribution in [0.2, 0.25) is 0 Å². The number of imide groups is 2. The molecule has 15 nitrogen and oxygen atoms in total. The topological polar surface area (TPSA) is 176 Å². The molecular weight excluding hydrogens is 701 g/mol. The molecule has 2 saturated heterocycles. The van der Waals surface area contributed by atoms with E-state index in [-0.39, 0.29) is 36.0 Å². The molecule has 3 aliphatic heterocycles. The molecule has 7 rings (SSSR count). The fraction of sp³-hybridized carbons (Fsp3) is 0.541. The van der Waals surface area contributed by atoms with Gasteiger partial charge in [0.25, 0.3) is 17.4 Å². The average Bonchev–Trinajstić information content (AvgIpc) is 3.77. The van der Waals surface area contributed by atoms with Crippen LogP contribution in [0.5, 0.6) is 0 Å². The number of aryl methyl sites for hydroxylation is 1. The second-order valence-corrected chi connectivity index (χ2v) is 15.8. The maximum atomic E-state index is 13.3. The van der Waals surface area contributed by atoms with Crippen molar-refractivity contribution >= 4 is 51.8 Å². The highest BCUT2D eigenvalue weighted by Crippen LogP contribution is 2.32. The lowest BCUT2D eigenvalue weighted by Crippen LogP contribution is -2.54. The first kappa shape index (κ1) is 37.0. The highest BCUT2D eigenvalue weighted by atomic mass is 32.2. The lowest BCUT2D eigenvalue weighted by molar-refractivity contribution is -0.136. The van der Waals surface area contributed by atoms with E-state index in [1.807, 2.05) is 26.3 Å². The molecule has 0 bridgehead atoms. The molecule has 1 saturated carbocycles. The first-order valence-electron chi connectivity index (χ1n) is 18.6. The van der Waals surface area contributed by atoms with Crippen molar-refractivity contribution in [1.29, 1.82) is 0 Å². The zero-order chi connectivity index (χ0) is 37.1. The second-order valence-electron chi connectivity index (χ2n) is 14.2. The summed E-state index contributed by atoms with van der Waals surface area (Å²) in [6.07, 6.45) is 9.62. The van der Waals surface area contributed by atoms with Gasteiger partial charge in [-0.15, -0.1) is 0 Å².